The first-order valence-corrected chi connectivity index (χ1v) is 10.9. The van der Waals surface area contributed by atoms with Gasteiger partial charge in [0.2, 0.25) is 11.1 Å². The number of hydrogen-bond acceptors (Lipinski definition) is 5. The zero-order valence-corrected chi connectivity index (χ0v) is 17.6. The molecule has 4 aromatic rings. The summed E-state index contributed by atoms with van der Waals surface area (Å²) in [6.45, 7) is 2.18. The number of nitrogen functional groups attached to an aromatic ring is 1. The minimum Gasteiger partial charge on any atom is -0.352 e. The maximum Gasteiger partial charge on any atom is 0.234 e. The number of aryl methyl sites for hydroxylation is 1. The van der Waals surface area contributed by atoms with Crippen molar-refractivity contribution in [3.63, 3.8) is 0 Å². The van der Waals surface area contributed by atoms with Crippen LogP contribution in [0.4, 0.5) is 5.69 Å². The molecule has 0 radical (unpaired) electrons. The number of para-hydroxylation sites is 1. The van der Waals surface area contributed by atoms with Crippen LogP contribution in [0.25, 0.3) is 22.4 Å². The van der Waals surface area contributed by atoms with Crippen molar-refractivity contribution in [2.75, 3.05) is 16.9 Å². The van der Waals surface area contributed by atoms with Crippen LogP contribution >= 0.6 is 11.8 Å². The first-order valence-electron chi connectivity index (χ1n) is 9.94. The van der Waals surface area contributed by atoms with Crippen molar-refractivity contribution in [2.24, 2.45) is 0 Å². The average molecular weight is 421 g/mol. The highest BCUT2D eigenvalue weighted by molar-refractivity contribution is 7.99. The summed E-state index contributed by atoms with van der Waals surface area (Å²) in [4.78, 5) is 15.6. The highest BCUT2D eigenvalue weighted by Gasteiger charge is 2.15. The Hall–Kier alpha value is -3.26. The standard InChI is InChI=1S/C22H24N6OS/c1-2-3-6-15-9-11-17(12-10-15)24-20(29)14-30-22-27-26-21(28(22)23)19-13-16-7-4-5-8-18(16)25-19/h4-5,7-13,25H,2-3,6,14,23H2,1H3,(H,24,29). The molecule has 0 unspecified atom stereocenters. The number of aromatic nitrogens is 4. The van der Waals surface area contributed by atoms with Gasteiger partial charge in [-0.3, -0.25) is 4.79 Å². The van der Waals surface area contributed by atoms with Crippen LogP contribution in [0.15, 0.2) is 59.8 Å². The van der Waals surface area contributed by atoms with Crippen molar-refractivity contribution < 1.29 is 4.79 Å². The van der Waals surface area contributed by atoms with Gasteiger partial charge < -0.3 is 16.1 Å². The number of nitrogens with one attached hydrogen (secondary N) is 2. The molecule has 0 bridgehead atoms. The number of anilines is 1. The van der Waals surface area contributed by atoms with E-state index in [0.29, 0.717) is 11.0 Å². The maximum absolute atomic E-state index is 12.3. The molecule has 0 spiro atoms. The summed E-state index contributed by atoms with van der Waals surface area (Å²) in [6, 6.07) is 17.9. The van der Waals surface area contributed by atoms with Gasteiger partial charge in [0.15, 0.2) is 5.82 Å². The number of hydrogen-bond donors (Lipinski definition) is 3. The molecule has 4 rings (SSSR count). The van der Waals surface area contributed by atoms with Crippen LogP contribution in [0.3, 0.4) is 0 Å². The van der Waals surface area contributed by atoms with Gasteiger partial charge in [-0.05, 0) is 42.7 Å². The number of nitrogens with two attached hydrogens (primary N) is 1. The van der Waals surface area contributed by atoms with Crippen LogP contribution in [0.1, 0.15) is 25.3 Å². The van der Waals surface area contributed by atoms with E-state index in [9.17, 15) is 4.79 Å². The third kappa shape index (κ3) is 4.49. The van der Waals surface area contributed by atoms with Crippen molar-refractivity contribution in [2.45, 2.75) is 31.3 Å². The minimum absolute atomic E-state index is 0.114. The largest absolute Gasteiger partial charge is 0.352 e. The highest BCUT2D eigenvalue weighted by atomic mass is 32.2. The van der Waals surface area contributed by atoms with E-state index in [0.717, 1.165) is 28.7 Å². The van der Waals surface area contributed by atoms with Crippen molar-refractivity contribution in [1.29, 1.82) is 0 Å². The number of H-pyrrole nitrogens is 1. The molecule has 8 heteroatoms. The van der Waals surface area contributed by atoms with Crippen LogP contribution in [0.2, 0.25) is 0 Å². The van der Waals surface area contributed by atoms with Gasteiger partial charge in [0.05, 0.1) is 11.4 Å². The van der Waals surface area contributed by atoms with Gasteiger partial charge in [-0.2, -0.15) is 0 Å². The Balaban J connectivity index is 1.36. The van der Waals surface area contributed by atoms with Gasteiger partial charge in [-0.25, -0.2) is 4.68 Å². The fourth-order valence-electron chi connectivity index (χ4n) is 3.22. The number of thioether (sulfide) groups is 1. The second-order valence-electron chi connectivity index (χ2n) is 7.08. The first-order chi connectivity index (χ1) is 14.6. The number of aromatic amines is 1. The Labute approximate surface area is 179 Å². The summed E-state index contributed by atoms with van der Waals surface area (Å²) in [6.07, 6.45) is 3.40. The van der Waals surface area contributed by atoms with Crippen LogP contribution < -0.4 is 11.2 Å². The summed E-state index contributed by atoms with van der Waals surface area (Å²) >= 11 is 1.25. The molecule has 2 aromatic heterocycles. The van der Waals surface area contributed by atoms with E-state index in [1.165, 1.54) is 34.8 Å². The molecule has 2 aromatic carbocycles. The maximum atomic E-state index is 12.3. The van der Waals surface area contributed by atoms with Crippen molar-refractivity contribution in [3.05, 3.63) is 60.2 Å². The molecule has 30 heavy (non-hydrogen) atoms. The lowest BCUT2D eigenvalue weighted by atomic mass is 10.1. The fraction of sp³-hybridized carbons (Fsp3) is 0.227. The van der Waals surface area contributed by atoms with E-state index < -0.39 is 0 Å². The number of benzene rings is 2. The number of carbonyl (C=O) groups excluding carboxylic acids is 1. The predicted octanol–water partition coefficient (Wildman–Crippen LogP) is 4.21. The second-order valence-corrected chi connectivity index (χ2v) is 8.03. The topological polar surface area (TPSA) is 102 Å². The van der Waals surface area contributed by atoms with Gasteiger partial charge in [0.25, 0.3) is 0 Å². The number of fused-ring (bicyclic) bond motifs is 1. The summed E-state index contributed by atoms with van der Waals surface area (Å²) < 4.78 is 1.41. The molecule has 0 atom stereocenters. The molecule has 154 valence electrons. The lowest BCUT2D eigenvalue weighted by Crippen LogP contribution is -2.16. The number of rotatable bonds is 8. The van der Waals surface area contributed by atoms with Crippen LogP contribution in [-0.4, -0.2) is 31.5 Å². The summed E-state index contributed by atoms with van der Waals surface area (Å²) in [5.41, 5.74) is 3.86. The number of amides is 1. The zero-order valence-electron chi connectivity index (χ0n) is 16.8. The third-order valence-electron chi connectivity index (χ3n) is 4.82. The predicted molar refractivity (Wildman–Crippen MR) is 122 cm³/mol. The smallest absolute Gasteiger partial charge is 0.234 e. The van der Waals surface area contributed by atoms with E-state index in [1.54, 1.807) is 0 Å². The quantitative estimate of drug-likeness (QED) is 0.293. The molecule has 1 amide bonds. The monoisotopic (exact) mass is 420 g/mol. The molecule has 0 saturated carbocycles. The molecule has 0 aliphatic rings. The van der Waals surface area contributed by atoms with Gasteiger partial charge in [0.1, 0.15) is 0 Å². The summed E-state index contributed by atoms with van der Waals surface area (Å²) in [5, 5.41) is 12.8. The molecular weight excluding hydrogens is 396 g/mol. The third-order valence-corrected chi connectivity index (χ3v) is 5.77. The second kappa shape index (κ2) is 9.04. The summed E-state index contributed by atoms with van der Waals surface area (Å²) in [5.74, 6) is 6.78. The normalized spacial score (nSPS) is 11.1. The molecule has 7 nitrogen and oxygen atoms in total. The first kappa shape index (κ1) is 20.0. The van der Waals surface area contributed by atoms with Crippen molar-refractivity contribution in [3.8, 4) is 11.5 Å². The Morgan fingerprint density at radius 3 is 2.73 bits per heavy atom. The average Bonchev–Trinajstić information content (AvgIpc) is 3.34. The Morgan fingerprint density at radius 1 is 1.17 bits per heavy atom. The van der Waals surface area contributed by atoms with Gasteiger partial charge in [-0.15, -0.1) is 10.2 Å². The number of nitrogens with zero attached hydrogens (tertiary/aromatic N) is 3. The molecule has 0 saturated heterocycles. The van der Waals surface area contributed by atoms with E-state index in [1.807, 2.05) is 42.5 Å². The number of unbranched alkanes of at least 4 members (excludes halogenated alkanes) is 1. The van der Waals surface area contributed by atoms with E-state index in [4.69, 9.17) is 5.84 Å². The van der Waals surface area contributed by atoms with E-state index in [-0.39, 0.29) is 11.7 Å². The minimum atomic E-state index is -0.114. The molecule has 0 fully saturated rings. The van der Waals surface area contributed by atoms with Crippen LogP contribution in [0, 0.1) is 0 Å². The highest BCUT2D eigenvalue weighted by Crippen LogP contribution is 2.25. The molecule has 4 N–H and O–H groups in total. The molecule has 0 aliphatic heterocycles. The lowest BCUT2D eigenvalue weighted by Gasteiger charge is -2.06. The van der Waals surface area contributed by atoms with Gasteiger partial charge in [-0.1, -0.05) is 55.4 Å². The number of carbonyl (C=O) groups is 1. The zero-order chi connectivity index (χ0) is 20.9. The van der Waals surface area contributed by atoms with E-state index in [2.05, 4.69) is 39.6 Å². The van der Waals surface area contributed by atoms with E-state index >= 15 is 0 Å². The van der Waals surface area contributed by atoms with Crippen LogP contribution in [-0.2, 0) is 11.2 Å². The SMILES string of the molecule is CCCCc1ccc(NC(=O)CSc2nnc(-c3cc4ccccc4[nH]3)n2N)cc1. The van der Waals surface area contributed by atoms with Gasteiger partial charge >= 0.3 is 0 Å². The van der Waals surface area contributed by atoms with Crippen LogP contribution in [0.5, 0.6) is 0 Å². The van der Waals surface area contributed by atoms with Gasteiger partial charge in [0, 0.05) is 16.6 Å². The molecule has 0 aliphatic carbocycles. The lowest BCUT2D eigenvalue weighted by molar-refractivity contribution is -0.113. The molecular formula is C22H24N6OS. The Kier molecular flexibility index (Phi) is 6.04. The fourth-order valence-corrected chi connectivity index (χ4v) is 3.87. The Bertz CT molecular complexity index is 1120. The molecule has 2 heterocycles. The summed E-state index contributed by atoms with van der Waals surface area (Å²) in [7, 11) is 0. The van der Waals surface area contributed by atoms with Crippen molar-refractivity contribution >= 4 is 34.3 Å². The van der Waals surface area contributed by atoms with Crippen molar-refractivity contribution in [1.82, 2.24) is 19.9 Å². The Morgan fingerprint density at radius 2 is 1.97 bits per heavy atom.